The lowest BCUT2D eigenvalue weighted by Crippen LogP contribution is -2.45. The van der Waals surface area contributed by atoms with Gasteiger partial charge < -0.3 is 10.4 Å². The van der Waals surface area contributed by atoms with Gasteiger partial charge in [0.1, 0.15) is 11.9 Å². The fourth-order valence-electron chi connectivity index (χ4n) is 1.60. The maximum absolute atomic E-state index is 13.4. The van der Waals surface area contributed by atoms with Crippen LogP contribution >= 0.6 is 11.8 Å². The van der Waals surface area contributed by atoms with Crippen LogP contribution in [0.5, 0.6) is 0 Å². The Balaban J connectivity index is 2.55. The van der Waals surface area contributed by atoms with Gasteiger partial charge in [-0.1, -0.05) is 32.4 Å². The van der Waals surface area contributed by atoms with E-state index < -0.39 is 17.9 Å². The van der Waals surface area contributed by atoms with Gasteiger partial charge >= 0.3 is 5.97 Å². The fraction of sp³-hybridized carbons (Fsp3) is 0.429. The van der Waals surface area contributed by atoms with Crippen molar-refractivity contribution in [1.82, 2.24) is 5.32 Å². The summed E-state index contributed by atoms with van der Waals surface area (Å²) in [6.07, 6.45) is 0.650. The van der Waals surface area contributed by atoms with Gasteiger partial charge in [0.25, 0.3) is 0 Å². The zero-order chi connectivity index (χ0) is 15.1. The maximum Gasteiger partial charge on any atom is 0.326 e. The van der Waals surface area contributed by atoms with E-state index in [1.165, 1.54) is 6.07 Å². The van der Waals surface area contributed by atoms with Gasteiger partial charge in [0, 0.05) is 4.90 Å². The van der Waals surface area contributed by atoms with Crippen LogP contribution in [0.2, 0.25) is 0 Å². The second kappa shape index (κ2) is 7.89. The number of amides is 1. The largest absolute Gasteiger partial charge is 0.480 e. The highest BCUT2D eigenvalue weighted by atomic mass is 32.2. The molecule has 0 saturated heterocycles. The quantitative estimate of drug-likeness (QED) is 0.759. The summed E-state index contributed by atoms with van der Waals surface area (Å²) in [5, 5.41) is 11.5. The molecule has 1 aromatic rings. The van der Waals surface area contributed by atoms with Crippen LogP contribution in [-0.4, -0.2) is 28.8 Å². The van der Waals surface area contributed by atoms with E-state index >= 15 is 0 Å². The van der Waals surface area contributed by atoms with Gasteiger partial charge in [0.15, 0.2) is 0 Å². The Labute approximate surface area is 121 Å². The summed E-state index contributed by atoms with van der Waals surface area (Å²) in [6.45, 7) is 3.63. The Bertz CT molecular complexity index is 481. The van der Waals surface area contributed by atoms with Crippen molar-refractivity contribution in [2.24, 2.45) is 5.92 Å². The summed E-state index contributed by atoms with van der Waals surface area (Å²) in [6, 6.07) is 5.25. The zero-order valence-electron chi connectivity index (χ0n) is 11.4. The van der Waals surface area contributed by atoms with Crippen LogP contribution in [0.3, 0.4) is 0 Å². The summed E-state index contributed by atoms with van der Waals surface area (Å²) in [5.41, 5.74) is 0. The van der Waals surface area contributed by atoms with E-state index in [4.69, 9.17) is 5.11 Å². The lowest BCUT2D eigenvalue weighted by Gasteiger charge is -2.20. The zero-order valence-corrected chi connectivity index (χ0v) is 12.2. The SMILES string of the molecule is CCC(C)[C@H](NC(=O)CSc1ccccc1F)C(=O)O. The van der Waals surface area contributed by atoms with Gasteiger partial charge in [-0.25, -0.2) is 9.18 Å². The van der Waals surface area contributed by atoms with Crippen LogP contribution < -0.4 is 5.32 Å². The number of hydrogen-bond acceptors (Lipinski definition) is 3. The number of carbonyl (C=O) groups is 2. The molecule has 0 aliphatic heterocycles. The topological polar surface area (TPSA) is 66.4 Å². The summed E-state index contributed by atoms with van der Waals surface area (Å²) < 4.78 is 13.4. The third-order valence-electron chi connectivity index (χ3n) is 2.99. The summed E-state index contributed by atoms with van der Waals surface area (Å²) >= 11 is 1.05. The second-order valence-corrected chi connectivity index (χ2v) is 5.51. The molecule has 0 aliphatic rings. The fourth-order valence-corrected chi connectivity index (χ4v) is 2.35. The Hall–Kier alpha value is -1.56. The number of carboxylic acid groups (broad SMARTS) is 1. The molecule has 0 radical (unpaired) electrons. The molecule has 0 fully saturated rings. The number of carbonyl (C=O) groups excluding carboxylic acids is 1. The van der Waals surface area contributed by atoms with Gasteiger partial charge in [0.05, 0.1) is 5.75 Å². The molecule has 2 N–H and O–H groups in total. The lowest BCUT2D eigenvalue weighted by atomic mass is 9.99. The van der Waals surface area contributed by atoms with Crippen LogP contribution in [0.15, 0.2) is 29.2 Å². The summed E-state index contributed by atoms with van der Waals surface area (Å²) in [7, 11) is 0. The molecule has 1 amide bonds. The van der Waals surface area contributed by atoms with Crippen molar-refractivity contribution in [3.63, 3.8) is 0 Å². The number of carboxylic acids is 1. The minimum Gasteiger partial charge on any atom is -0.480 e. The molecule has 0 aliphatic carbocycles. The molecule has 0 saturated carbocycles. The van der Waals surface area contributed by atoms with Crippen molar-refractivity contribution in [3.05, 3.63) is 30.1 Å². The van der Waals surface area contributed by atoms with Crippen molar-refractivity contribution >= 4 is 23.6 Å². The Kier molecular flexibility index (Phi) is 6.51. The first kappa shape index (κ1) is 16.5. The van der Waals surface area contributed by atoms with E-state index in [1.54, 1.807) is 25.1 Å². The van der Waals surface area contributed by atoms with E-state index in [1.807, 2.05) is 6.92 Å². The number of halogens is 1. The van der Waals surface area contributed by atoms with E-state index in [0.717, 1.165) is 11.8 Å². The van der Waals surface area contributed by atoms with E-state index in [2.05, 4.69) is 5.32 Å². The molecular weight excluding hydrogens is 281 g/mol. The number of rotatable bonds is 7. The predicted octanol–water partition coefficient (Wildman–Crippen LogP) is 2.53. The Morgan fingerprint density at radius 3 is 2.60 bits per heavy atom. The number of hydrogen-bond donors (Lipinski definition) is 2. The third kappa shape index (κ3) is 4.85. The molecule has 1 aromatic carbocycles. The first-order valence-corrected chi connectivity index (χ1v) is 7.33. The molecule has 0 heterocycles. The number of thioether (sulfide) groups is 1. The number of nitrogens with one attached hydrogen (secondary N) is 1. The molecule has 0 bridgehead atoms. The predicted molar refractivity (Wildman–Crippen MR) is 76.1 cm³/mol. The second-order valence-electron chi connectivity index (χ2n) is 4.49. The van der Waals surface area contributed by atoms with Crippen LogP contribution in [0.25, 0.3) is 0 Å². The van der Waals surface area contributed by atoms with E-state index in [9.17, 15) is 14.0 Å². The lowest BCUT2D eigenvalue weighted by molar-refractivity contribution is -0.143. The molecule has 0 spiro atoms. The first-order valence-electron chi connectivity index (χ1n) is 6.35. The normalized spacial score (nSPS) is 13.6. The Morgan fingerprint density at radius 1 is 1.40 bits per heavy atom. The molecule has 6 heteroatoms. The van der Waals surface area contributed by atoms with E-state index in [0.29, 0.717) is 11.3 Å². The first-order chi connectivity index (χ1) is 9.45. The number of benzene rings is 1. The third-order valence-corrected chi connectivity index (χ3v) is 4.04. The summed E-state index contributed by atoms with van der Waals surface area (Å²) in [5.74, 6) is -2.02. The molecular formula is C14H18FNO3S. The van der Waals surface area contributed by atoms with E-state index in [-0.39, 0.29) is 17.5 Å². The molecule has 0 aromatic heterocycles. The average Bonchev–Trinajstić information content (AvgIpc) is 2.42. The van der Waals surface area contributed by atoms with Crippen LogP contribution in [0.4, 0.5) is 4.39 Å². The highest BCUT2D eigenvalue weighted by Crippen LogP contribution is 2.20. The molecule has 20 heavy (non-hydrogen) atoms. The monoisotopic (exact) mass is 299 g/mol. The maximum atomic E-state index is 13.4. The minimum absolute atomic E-state index is 0.0128. The van der Waals surface area contributed by atoms with Gasteiger partial charge in [0.2, 0.25) is 5.91 Å². The van der Waals surface area contributed by atoms with Gasteiger partial charge in [-0.2, -0.15) is 0 Å². The number of aliphatic carboxylic acids is 1. The molecule has 1 unspecified atom stereocenters. The van der Waals surface area contributed by atoms with Crippen LogP contribution in [0.1, 0.15) is 20.3 Å². The molecule has 110 valence electrons. The van der Waals surface area contributed by atoms with Crippen molar-refractivity contribution in [2.45, 2.75) is 31.2 Å². The average molecular weight is 299 g/mol. The molecule has 4 nitrogen and oxygen atoms in total. The van der Waals surface area contributed by atoms with Gasteiger partial charge in [-0.3, -0.25) is 4.79 Å². The van der Waals surface area contributed by atoms with Crippen molar-refractivity contribution in [1.29, 1.82) is 0 Å². The standard InChI is InChI=1S/C14H18FNO3S/c1-3-9(2)13(14(18)19)16-12(17)8-20-11-7-5-4-6-10(11)15/h4-7,9,13H,3,8H2,1-2H3,(H,16,17)(H,18,19)/t9?,13-/m0/s1. The molecule has 1 rings (SSSR count). The van der Waals surface area contributed by atoms with Crippen LogP contribution in [-0.2, 0) is 9.59 Å². The van der Waals surface area contributed by atoms with Gasteiger partial charge in [-0.05, 0) is 18.1 Å². The smallest absolute Gasteiger partial charge is 0.326 e. The Morgan fingerprint density at radius 2 is 2.05 bits per heavy atom. The highest BCUT2D eigenvalue weighted by Gasteiger charge is 2.25. The van der Waals surface area contributed by atoms with Crippen molar-refractivity contribution < 1.29 is 19.1 Å². The highest BCUT2D eigenvalue weighted by molar-refractivity contribution is 8.00. The van der Waals surface area contributed by atoms with Crippen molar-refractivity contribution in [3.8, 4) is 0 Å². The minimum atomic E-state index is -1.05. The van der Waals surface area contributed by atoms with Crippen molar-refractivity contribution in [2.75, 3.05) is 5.75 Å². The molecule has 2 atom stereocenters. The van der Waals surface area contributed by atoms with Crippen LogP contribution in [0, 0.1) is 11.7 Å². The summed E-state index contributed by atoms with van der Waals surface area (Å²) in [4.78, 5) is 23.2. The van der Waals surface area contributed by atoms with Gasteiger partial charge in [-0.15, -0.1) is 11.8 Å².